The third kappa shape index (κ3) is 4.20. The van der Waals surface area contributed by atoms with Crippen LogP contribution in [0.15, 0.2) is 29.3 Å². The summed E-state index contributed by atoms with van der Waals surface area (Å²) in [7, 11) is 0. The first-order valence-electron chi connectivity index (χ1n) is 11.0. The number of aromatic nitrogens is 1. The van der Waals surface area contributed by atoms with Gasteiger partial charge in [-0.1, -0.05) is 38.0 Å². The van der Waals surface area contributed by atoms with E-state index in [-0.39, 0.29) is 30.1 Å². The minimum Gasteiger partial charge on any atom is -0.341 e. The van der Waals surface area contributed by atoms with Crippen LogP contribution in [0.3, 0.4) is 0 Å². The number of rotatable bonds is 5. The first-order valence-corrected chi connectivity index (χ1v) is 11.8. The number of aryl methyl sites for hydroxylation is 1. The second kappa shape index (κ2) is 9.25. The molecule has 0 spiro atoms. The van der Waals surface area contributed by atoms with Crippen LogP contribution in [0.25, 0.3) is 17.0 Å². The number of terminal acetylenes is 1. The fraction of sp³-hybridized carbons (Fsp3) is 0.400. The Kier molecular flexibility index (Phi) is 6.43. The molecular formula is C25H27N3O3S. The quantitative estimate of drug-likeness (QED) is 0.509. The lowest BCUT2D eigenvalue weighted by Gasteiger charge is -2.30. The SMILES string of the molecule is C#CCN1C(=O)S/C(=C\c2cn(CC(=O)N3CCC(C)CC3)c3c(CC)cccc23)C1=O. The summed E-state index contributed by atoms with van der Waals surface area (Å²) < 4.78 is 1.99. The lowest BCUT2D eigenvalue weighted by atomic mass is 9.99. The summed E-state index contributed by atoms with van der Waals surface area (Å²) >= 11 is 0.900. The summed E-state index contributed by atoms with van der Waals surface area (Å²) in [6, 6.07) is 6.05. The molecule has 0 N–H and O–H groups in total. The van der Waals surface area contributed by atoms with Crippen LogP contribution in [0.4, 0.5) is 4.79 Å². The van der Waals surface area contributed by atoms with Gasteiger partial charge in [-0.3, -0.25) is 19.3 Å². The predicted octanol–water partition coefficient (Wildman–Crippen LogP) is 4.13. The monoisotopic (exact) mass is 449 g/mol. The molecule has 2 aliphatic heterocycles. The third-order valence-electron chi connectivity index (χ3n) is 6.25. The molecule has 0 unspecified atom stereocenters. The molecule has 2 fully saturated rings. The summed E-state index contributed by atoms with van der Waals surface area (Å²) in [4.78, 5) is 41.2. The molecule has 3 heterocycles. The van der Waals surface area contributed by atoms with Crippen LogP contribution in [0.1, 0.15) is 37.8 Å². The molecule has 2 saturated heterocycles. The maximum Gasteiger partial charge on any atom is 0.294 e. The zero-order chi connectivity index (χ0) is 22.8. The van der Waals surface area contributed by atoms with E-state index in [0.717, 1.165) is 71.0 Å². The Hall–Kier alpha value is -2.98. The predicted molar refractivity (Wildman–Crippen MR) is 128 cm³/mol. The summed E-state index contributed by atoms with van der Waals surface area (Å²) in [6.07, 6.45) is 11.9. The molecule has 6 nitrogen and oxygen atoms in total. The highest BCUT2D eigenvalue weighted by Gasteiger charge is 2.34. The number of piperidine rings is 1. The molecule has 32 heavy (non-hydrogen) atoms. The van der Waals surface area contributed by atoms with Crippen molar-refractivity contribution in [2.24, 2.45) is 5.92 Å². The van der Waals surface area contributed by atoms with Gasteiger partial charge in [0, 0.05) is 30.2 Å². The fourth-order valence-electron chi connectivity index (χ4n) is 4.36. The van der Waals surface area contributed by atoms with Gasteiger partial charge in [-0.15, -0.1) is 6.42 Å². The van der Waals surface area contributed by atoms with E-state index in [9.17, 15) is 14.4 Å². The molecule has 2 aliphatic rings. The average molecular weight is 450 g/mol. The van der Waals surface area contributed by atoms with Gasteiger partial charge in [-0.2, -0.15) is 0 Å². The number of likely N-dealkylation sites (tertiary alicyclic amines) is 1. The van der Waals surface area contributed by atoms with Gasteiger partial charge < -0.3 is 9.47 Å². The Morgan fingerprint density at radius 2 is 2.03 bits per heavy atom. The Morgan fingerprint density at radius 1 is 1.28 bits per heavy atom. The minimum atomic E-state index is -0.371. The van der Waals surface area contributed by atoms with E-state index in [0.29, 0.717) is 10.8 Å². The number of para-hydroxylation sites is 1. The molecule has 4 rings (SSSR count). The summed E-state index contributed by atoms with van der Waals surface area (Å²) in [5.41, 5.74) is 2.96. The van der Waals surface area contributed by atoms with Crippen LogP contribution >= 0.6 is 11.8 Å². The molecule has 2 aromatic rings. The highest BCUT2D eigenvalue weighted by atomic mass is 32.2. The second-order valence-electron chi connectivity index (χ2n) is 8.41. The van der Waals surface area contributed by atoms with Crippen molar-refractivity contribution in [2.45, 2.75) is 39.7 Å². The van der Waals surface area contributed by atoms with Crippen molar-refractivity contribution < 1.29 is 14.4 Å². The van der Waals surface area contributed by atoms with Crippen molar-refractivity contribution in [3.63, 3.8) is 0 Å². The molecule has 3 amide bonds. The normalized spacial score (nSPS) is 18.7. The number of amides is 3. The molecule has 166 valence electrons. The smallest absolute Gasteiger partial charge is 0.294 e. The van der Waals surface area contributed by atoms with Gasteiger partial charge in [-0.25, -0.2) is 0 Å². The number of carbonyl (C=O) groups excluding carboxylic acids is 3. The standard InChI is InChI=1S/C25H27N3O3S/c1-4-11-28-24(30)21(32-25(28)31)14-19-15-27(23-18(5-2)7-6-8-20(19)23)16-22(29)26-12-9-17(3)10-13-26/h1,6-8,14-15,17H,5,9-13,16H2,2-3H3/b21-14-. The zero-order valence-corrected chi connectivity index (χ0v) is 19.3. The molecule has 7 heteroatoms. The topological polar surface area (TPSA) is 62.6 Å². The molecule has 0 bridgehead atoms. The van der Waals surface area contributed by atoms with E-state index in [4.69, 9.17) is 6.42 Å². The van der Waals surface area contributed by atoms with Crippen molar-refractivity contribution >= 4 is 45.8 Å². The fourth-order valence-corrected chi connectivity index (χ4v) is 5.19. The van der Waals surface area contributed by atoms with Crippen molar-refractivity contribution in [3.05, 3.63) is 40.4 Å². The van der Waals surface area contributed by atoms with Crippen molar-refractivity contribution in [1.82, 2.24) is 14.4 Å². The van der Waals surface area contributed by atoms with Crippen LogP contribution < -0.4 is 0 Å². The highest BCUT2D eigenvalue weighted by Crippen LogP contribution is 2.34. The van der Waals surface area contributed by atoms with E-state index in [1.165, 1.54) is 0 Å². The number of hydrogen-bond acceptors (Lipinski definition) is 4. The maximum absolute atomic E-state index is 13.0. The van der Waals surface area contributed by atoms with Crippen molar-refractivity contribution in [2.75, 3.05) is 19.6 Å². The van der Waals surface area contributed by atoms with Gasteiger partial charge in [0.15, 0.2) is 0 Å². The zero-order valence-electron chi connectivity index (χ0n) is 18.5. The molecule has 1 aromatic carbocycles. The average Bonchev–Trinajstić information content (AvgIpc) is 3.26. The molecule has 0 radical (unpaired) electrons. The minimum absolute atomic E-state index is 0.0350. The summed E-state index contributed by atoms with van der Waals surface area (Å²) in [5.74, 6) is 2.76. The number of hydrogen-bond donors (Lipinski definition) is 0. The Balaban J connectivity index is 1.69. The number of benzene rings is 1. The van der Waals surface area contributed by atoms with Gasteiger partial charge >= 0.3 is 0 Å². The molecule has 0 saturated carbocycles. The van der Waals surface area contributed by atoms with Crippen LogP contribution in [-0.2, 0) is 22.6 Å². The molecular weight excluding hydrogens is 422 g/mol. The van der Waals surface area contributed by atoms with Gasteiger partial charge in [0.1, 0.15) is 6.54 Å². The Labute approximate surface area is 192 Å². The summed E-state index contributed by atoms with van der Waals surface area (Å²) in [6.45, 7) is 6.14. The Bertz CT molecular complexity index is 1150. The van der Waals surface area contributed by atoms with Crippen LogP contribution in [0.2, 0.25) is 0 Å². The van der Waals surface area contributed by atoms with Gasteiger partial charge in [0.25, 0.3) is 11.1 Å². The number of carbonyl (C=O) groups is 3. The van der Waals surface area contributed by atoms with Crippen LogP contribution in [0.5, 0.6) is 0 Å². The lowest BCUT2D eigenvalue weighted by molar-refractivity contribution is -0.133. The number of imide groups is 1. The van der Waals surface area contributed by atoms with E-state index >= 15 is 0 Å². The van der Waals surface area contributed by atoms with Gasteiger partial charge in [0.2, 0.25) is 5.91 Å². The second-order valence-corrected chi connectivity index (χ2v) is 9.41. The van der Waals surface area contributed by atoms with Gasteiger partial charge in [-0.05, 0) is 48.6 Å². The number of fused-ring (bicyclic) bond motifs is 1. The first-order chi connectivity index (χ1) is 15.4. The lowest BCUT2D eigenvalue weighted by Crippen LogP contribution is -2.39. The van der Waals surface area contributed by atoms with Crippen molar-refractivity contribution in [3.8, 4) is 12.3 Å². The summed E-state index contributed by atoms with van der Waals surface area (Å²) in [5, 5.41) is 0.611. The first kappa shape index (κ1) is 22.2. The van der Waals surface area contributed by atoms with E-state index in [2.05, 4.69) is 25.8 Å². The molecule has 1 aromatic heterocycles. The molecule has 0 atom stereocenters. The number of nitrogens with zero attached hydrogens (tertiary/aromatic N) is 3. The van der Waals surface area contributed by atoms with Crippen molar-refractivity contribution in [1.29, 1.82) is 0 Å². The van der Waals surface area contributed by atoms with E-state index < -0.39 is 0 Å². The van der Waals surface area contributed by atoms with E-state index in [1.54, 1.807) is 6.08 Å². The molecule has 0 aliphatic carbocycles. The van der Waals surface area contributed by atoms with Gasteiger partial charge in [0.05, 0.1) is 17.0 Å². The number of thioether (sulfide) groups is 1. The van der Waals surface area contributed by atoms with E-state index in [1.807, 2.05) is 27.8 Å². The highest BCUT2D eigenvalue weighted by molar-refractivity contribution is 8.18. The third-order valence-corrected chi connectivity index (χ3v) is 7.15. The Morgan fingerprint density at radius 3 is 2.72 bits per heavy atom. The van der Waals surface area contributed by atoms with Crippen LogP contribution in [0, 0.1) is 18.3 Å². The largest absolute Gasteiger partial charge is 0.341 e. The van der Waals surface area contributed by atoms with Crippen LogP contribution in [-0.4, -0.2) is 51.1 Å². The maximum atomic E-state index is 13.0.